The third kappa shape index (κ3) is 5.53. The van der Waals surface area contributed by atoms with Crippen molar-refractivity contribution in [2.24, 2.45) is 0 Å². The van der Waals surface area contributed by atoms with Gasteiger partial charge in [-0.3, -0.25) is 15.1 Å². The Balaban J connectivity index is 0.000000450. The van der Waals surface area contributed by atoms with Crippen molar-refractivity contribution in [1.29, 1.82) is 0 Å². The van der Waals surface area contributed by atoms with Crippen molar-refractivity contribution < 1.29 is 22.5 Å². The molecule has 4 nitrogen and oxygen atoms in total. The average Bonchev–Trinajstić information content (AvgIpc) is 2.70. The highest BCUT2D eigenvalue weighted by molar-refractivity contribution is 6.08. The van der Waals surface area contributed by atoms with Gasteiger partial charge in [-0.15, -0.1) is 0 Å². The summed E-state index contributed by atoms with van der Waals surface area (Å²) >= 11 is 0. The number of aryl methyl sites for hydroxylation is 2. The lowest BCUT2D eigenvalue weighted by molar-refractivity contribution is -0.477. The highest BCUT2D eigenvalue weighted by Crippen LogP contribution is 2.28. The summed E-state index contributed by atoms with van der Waals surface area (Å²) in [5, 5.41) is 5.90. The molecule has 2 N–H and O–H groups in total. The second-order valence-corrected chi connectivity index (χ2v) is 7.16. The molecule has 1 amide bonds. The van der Waals surface area contributed by atoms with E-state index in [1.54, 1.807) is 14.1 Å². The average molecular weight is 408 g/mol. The largest absolute Gasteiger partial charge is 1.00 e. The second kappa shape index (κ2) is 10.0. The van der Waals surface area contributed by atoms with Crippen LogP contribution in [0.25, 0.3) is 21.7 Å². The molecule has 0 saturated heterocycles. The van der Waals surface area contributed by atoms with E-state index in [1.807, 2.05) is 0 Å². The predicted octanol–water partition coefficient (Wildman–Crippen LogP) is 1.24. The lowest BCUT2D eigenvalue weighted by Gasteiger charge is -2.08. The molecule has 1 heterocycles. The van der Waals surface area contributed by atoms with E-state index in [9.17, 15) is 4.79 Å². The number of aromatic nitrogens is 1. The number of quaternary nitrogens is 1. The topological polar surface area (TPSA) is 49.8 Å². The predicted molar refractivity (Wildman–Crippen MR) is 116 cm³/mol. The quantitative estimate of drug-likeness (QED) is 0.315. The van der Waals surface area contributed by atoms with E-state index in [0.717, 1.165) is 17.6 Å². The zero-order valence-corrected chi connectivity index (χ0v) is 17.9. The number of pyridine rings is 1. The molecule has 0 spiro atoms. The molecule has 29 heavy (non-hydrogen) atoms. The van der Waals surface area contributed by atoms with Crippen molar-refractivity contribution in [3.63, 3.8) is 0 Å². The summed E-state index contributed by atoms with van der Waals surface area (Å²) in [6.45, 7) is 4.18. The molecule has 0 aliphatic heterocycles. The number of nitrogens with two attached hydrogens (primary N) is 1. The molecular formula is C24H26ClN3O. The van der Waals surface area contributed by atoms with Crippen molar-refractivity contribution in [3.05, 3.63) is 78.0 Å². The maximum absolute atomic E-state index is 9.43. The van der Waals surface area contributed by atoms with Crippen LogP contribution in [0.5, 0.6) is 0 Å². The van der Waals surface area contributed by atoms with Gasteiger partial charge in [0.2, 0.25) is 6.41 Å². The van der Waals surface area contributed by atoms with Crippen molar-refractivity contribution >= 4 is 39.5 Å². The van der Waals surface area contributed by atoms with Gasteiger partial charge in [-0.2, -0.15) is 0 Å². The number of fused-ring (bicyclic) bond motifs is 3. The molecular weight excluding hydrogens is 382 g/mol. The minimum absolute atomic E-state index is 0. The minimum atomic E-state index is 0. The minimum Gasteiger partial charge on any atom is -1.00 e. The Bertz CT molecular complexity index is 1110. The number of rotatable bonds is 3. The van der Waals surface area contributed by atoms with E-state index in [2.05, 4.69) is 85.9 Å². The summed E-state index contributed by atoms with van der Waals surface area (Å²) in [4.78, 5) is 15.7. The van der Waals surface area contributed by atoms with Gasteiger partial charge in [0.1, 0.15) is 11.4 Å². The zero-order chi connectivity index (χ0) is 20.1. The number of carbonyl (C=O) groups excluding carboxylic acids is 1. The van der Waals surface area contributed by atoms with Crippen LogP contribution in [0.4, 0.5) is 11.4 Å². The second-order valence-electron chi connectivity index (χ2n) is 7.16. The van der Waals surface area contributed by atoms with Crippen LogP contribution in [0.15, 0.2) is 66.7 Å². The van der Waals surface area contributed by atoms with Gasteiger partial charge in [0.15, 0.2) is 0 Å². The number of hydrogen-bond donors (Lipinski definition) is 1. The Morgan fingerprint density at radius 2 is 1.55 bits per heavy atom. The maximum atomic E-state index is 9.43. The first kappa shape index (κ1) is 22.3. The molecule has 0 unspecified atom stereocenters. The first-order valence-corrected chi connectivity index (χ1v) is 9.30. The summed E-state index contributed by atoms with van der Waals surface area (Å²) < 4.78 is 0. The SMILES string of the molecule is CN(C)C=O.Cc1ccc([NH2+]c2cc(C)nc3c2ccc2ccccc23)cc1.[Cl-]. The van der Waals surface area contributed by atoms with Gasteiger partial charge >= 0.3 is 0 Å². The first-order valence-electron chi connectivity index (χ1n) is 9.30. The monoisotopic (exact) mass is 407 g/mol. The number of carbonyl (C=O) groups is 1. The molecule has 4 rings (SSSR count). The number of amides is 1. The van der Waals surface area contributed by atoms with Crippen molar-refractivity contribution in [1.82, 2.24) is 9.88 Å². The molecule has 150 valence electrons. The summed E-state index contributed by atoms with van der Waals surface area (Å²) in [6, 6.07) is 23.6. The third-order valence-electron chi connectivity index (χ3n) is 4.47. The van der Waals surface area contributed by atoms with E-state index >= 15 is 0 Å². The molecule has 0 saturated carbocycles. The van der Waals surface area contributed by atoms with Crippen LogP contribution in [0.3, 0.4) is 0 Å². The molecule has 0 bridgehead atoms. The lowest BCUT2D eigenvalue weighted by Crippen LogP contribution is -3.00. The fraction of sp³-hybridized carbons (Fsp3) is 0.167. The van der Waals surface area contributed by atoms with Crippen LogP contribution in [-0.2, 0) is 4.79 Å². The molecule has 4 aromatic rings. The van der Waals surface area contributed by atoms with Crippen LogP contribution < -0.4 is 17.7 Å². The Morgan fingerprint density at radius 3 is 2.21 bits per heavy atom. The molecule has 0 aliphatic rings. The van der Waals surface area contributed by atoms with Gasteiger partial charge in [-0.05, 0) is 37.4 Å². The van der Waals surface area contributed by atoms with Crippen LogP contribution in [0, 0.1) is 13.8 Å². The summed E-state index contributed by atoms with van der Waals surface area (Å²) in [7, 11) is 3.38. The molecule has 0 fully saturated rings. The highest BCUT2D eigenvalue weighted by atomic mass is 35.5. The van der Waals surface area contributed by atoms with Crippen molar-refractivity contribution in [2.45, 2.75) is 13.8 Å². The molecule has 0 aliphatic carbocycles. The standard InChI is InChI=1S/C21H18N2.C3H7NO.ClH/c1-14-7-10-17(11-8-14)23-20-13-15(2)22-21-18-6-4-3-5-16(18)9-12-19(20)21;1-4(2)3-5;/h3-13H,1-2H3,(H,22,23);3H,1-2H3;1H. The number of benzene rings is 3. The summed E-state index contributed by atoms with van der Waals surface area (Å²) in [6.07, 6.45) is 0.750. The van der Waals surface area contributed by atoms with Gasteiger partial charge in [0.05, 0.1) is 10.9 Å². The zero-order valence-electron chi connectivity index (χ0n) is 17.2. The number of hydrogen-bond acceptors (Lipinski definition) is 2. The third-order valence-corrected chi connectivity index (χ3v) is 4.47. The molecule has 0 atom stereocenters. The number of nitrogens with zero attached hydrogens (tertiary/aromatic N) is 2. The smallest absolute Gasteiger partial charge is 0.209 e. The fourth-order valence-electron chi connectivity index (χ4n) is 3.08. The van der Waals surface area contributed by atoms with Gasteiger partial charge < -0.3 is 17.3 Å². The van der Waals surface area contributed by atoms with E-state index in [1.165, 1.54) is 38.0 Å². The molecule has 1 aromatic heterocycles. The molecule has 3 aromatic carbocycles. The maximum Gasteiger partial charge on any atom is 0.209 e. The Labute approximate surface area is 178 Å². The van der Waals surface area contributed by atoms with Crippen LogP contribution in [0.1, 0.15) is 11.3 Å². The van der Waals surface area contributed by atoms with E-state index in [-0.39, 0.29) is 12.4 Å². The van der Waals surface area contributed by atoms with E-state index in [4.69, 9.17) is 4.98 Å². The van der Waals surface area contributed by atoms with Crippen LogP contribution in [-0.4, -0.2) is 30.4 Å². The highest BCUT2D eigenvalue weighted by Gasteiger charge is 2.11. The lowest BCUT2D eigenvalue weighted by atomic mass is 10.0. The van der Waals surface area contributed by atoms with Gasteiger partial charge in [-0.1, -0.05) is 48.0 Å². The Morgan fingerprint density at radius 1 is 0.897 bits per heavy atom. The van der Waals surface area contributed by atoms with Gasteiger partial charge in [0, 0.05) is 31.2 Å². The Hall–Kier alpha value is -2.95. The van der Waals surface area contributed by atoms with Crippen molar-refractivity contribution in [3.8, 4) is 0 Å². The molecule has 5 heteroatoms. The first-order chi connectivity index (χ1) is 13.5. The summed E-state index contributed by atoms with van der Waals surface area (Å²) in [5.41, 5.74) is 5.86. The summed E-state index contributed by atoms with van der Waals surface area (Å²) in [5.74, 6) is 0. The van der Waals surface area contributed by atoms with Crippen LogP contribution in [0.2, 0.25) is 0 Å². The van der Waals surface area contributed by atoms with Gasteiger partial charge in [-0.25, -0.2) is 0 Å². The van der Waals surface area contributed by atoms with E-state index in [0.29, 0.717) is 0 Å². The van der Waals surface area contributed by atoms with Crippen LogP contribution >= 0.6 is 0 Å². The van der Waals surface area contributed by atoms with E-state index < -0.39 is 0 Å². The van der Waals surface area contributed by atoms with Gasteiger partial charge in [0.25, 0.3) is 0 Å². The Kier molecular flexibility index (Phi) is 7.71. The number of halogens is 1. The normalized spacial score (nSPS) is 10.1. The van der Waals surface area contributed by atoms with Crippen molar-refractivity contribution in [2.75, 3.05) is 14.1 Å². The molecule has 0 radical (unpaired) electrons. The fourth-order valence-corrected chi connectivity index (χ4v) is 3.08.